The van der Waals surface area contributed by atoms with Crippen LogP contribution in [0.2, 0.25) is 5.02 Å². The minimum Gasteiger partial charge on any atom is -0.375 e. The van der Waals surface area contributed by atoms with Gasteiger partial charge in [-0.1, -0.05) is 31.5 Å². The van der Waals surface area contributed by atoms with E-state index in [1.807, 2.05) is 12.1 Å². The van der Waals surface area contributed by atoms with Crippen molar-refractivity contribution in [3.63, 3.8) is 0 Å². The van der Waals surface area contributed by atoms with Crippen LogP contribution in [0.25, 0.3) is 0 Å². The van der Waals surface area contributed by atoms with E-state index in [4.69, 9.17) is 23.2 Å². The molecule has 0 N–H and O–H groups in total. The van der Waals surface area contributed by atoms with E-state index in [2.05, 4.69) is 31.9 Å². The van der Waals surface area contributed by atoms with Crippen molar-refractivity contribution in [2.75, 3.05) is 18.5 Å². The Morgan fingerprint density at radius 1 is 1.31 bits per heavy atom. The Morgan fingerprint density at radius 2 is 2.00 bits per heavy atom. The summed E-state index contributed by atoms with van der Waals surface area (Å²) in [7, 11) is 2.09. The normalized spacial score (nSPS) is 10.9. The molecule has 0 atom stereocenters. The van der Waals surface area contributed by atoms with Gasteiger partial charge in [-0.3, -0.25) is 0 Å². The predicted octanol–water partition coefficient (Wildman–Crippen LogP) is 4.56. The van der Waals surface area contributed by atoms with Crippen molar-refractivity contribution >= 4 is 28.9 Å². The molecule has 0 fully saturated rings. The summed E-state index contributed by atoms with van der Waals surface area (Å²) in [6.07, 6.45) is 1.19. The Labute approximate surface area is 108 Å². The number of benzene rings is 1. The lowest BCUT2D eigenvalue weighted by Crippen LogP contribution is -2.19. The Balaban J connectivity index is 2.69. The molecule has 0 aliphatic rings. The van der Waals surface area contributed by atoms with Crippen LogP contribution in [0.4, 0.5) is 5.69 Å². The highest BCUT2D eigenvalue weighted by molar-refractivity contribution is 6.32. The highest BCUT2D eigenvalue weighted by Gasteiger charge is 2.05. The second-order valence-corrected chi connectivity index (χ2v) is 5.19. The first-order valence-corrected chi connectivity index (χ1v) is 6.51. The molecule has 1 rings (SSSR count). The van der Waals surface area contributed by atoms with E-state index in [0.29, 0.717) is 5.88 Å². The fourth-order valence-corrected chi connectivity index (χ4v) is 2.01. The highest BCUT2D eigenvalue weighted by atomic mass is 35.5. The first-order valence-electron chi connectivity index (χ1n) is 5.60. The Hall–Kier alpha value is -0.400. The molecule has 1 nitrogen and oxygen atoms in total. The first kappa shape index (κ1) is 13.7. The third kappa shape index (κ3) is 3.88. The number of rotatable bonds is 5. The number of hydrogen-bond donors (Lipinski definition) is 0. The quantitative estimate of drug-likeness (QED) is 0.701. The van der Waals surface area contributed by atoms with Crippen molar-refractivity contribution in [3.8, 4) is 0 Å². The largest absolute Gasteiger partial charge is 0.375 e. The van der Waals surface area contributed by atoms with Crippen LogP contribution in [-0.4, -0.2) is 13.6 Å². The van der Waals surface area contributed by atoms with Gasteiger partial charge in [0, 0.05) is 30.2 Å². The molecule has 0 aliphatic heterocycles. The lowest BCUT2D eigenvalue weighted by molar-refractivity contribution is 0.585. The predicted molar refractivity (Wildman–Crippen MR) is 73.7 cm³/mol. The van der Waals surface area contributed by atoms with Crippen LogP contribution in [-0.2, 0) is 5.88 Å². The van der Waals surface area contributed by atoms with Crippen LogP contribution in [0, 0.1) is 5.92 Å². The van der Waals surface area contributed by atoms with Crippen LogP contribution in [0.1, 0.15) is 25.8 Å². The molecule has 0 spiro atoms. The van der Waals surface area contributed by atoms with Crippen molar-refractivity contribution in [2.24, 2.45) is 5.92 Å². The Kier molecular flexibility index (Phi) is 5.43. The minimum atomic E-state index is 0.467. The molecule has 16 heavy (non-hydrogen) atoms. The summed E-state index contributed by atoms with van der Waals surface area (Å²) in [6, 6.07) is 6.06. The maximum absolute atomic E-state index is 6.13. The summed E-state index contributed by atoms with van der Waals surface area (Å²) in [4.78, 5) is 2.23. The molecule has 0 radical (unpaired) electrons. The molecule has 0 bridgehead atoms. The second kappa shape index (κ2) is 6.36. The van der Waals surface area contributed by atoms with Gasteiger partial charge < -0.3 is 4.90 Å². The first-order chi connectivity index (χ1) is 7.54. The zero-order valence-electron chi connectivity index (χ0n) is 10.1. The summed E-state index contributed by atoms with van der Waals surface area (Å²) >= 11 is 11.9. The number of alkyl halides is 1. The smallest absolute Gasteiger partial charge is 0.0488 e. The Bertz CT molecular complexity index is 337. The van der Waals surface area contributed by atoms with Crippen LogP contribution in [0.3, 0.4) is 0 Å². The van der Waals surface area contributed by atoms with E-state index in [1.165, 1.54) is 6.42 Å². The van der Waals surface area contributed by atoms with E-state index in [-0.39, 0.29) is 0 Å². The van der Waals surface area contributed by atoms with E-state index in [9.17, 15) is 0 Å². The van der Waals surface area contributed by atoms with Gasteiger partial charge in [0.2, 0.25) is 0 Å². The molecule has 0 aromatic heterocycles. The molecular formula is C13H19Cl2N. The van der Waals surface area contributed by atoms with Crippen LogP contribution >= 0.6 is 23.2 Å². The molecule has 0 aliphatic carbocycles. The standard InChI is InChI=1S/C13H19Cl2N/c1-10(2)6-7-16(3)12-5-4-11(9-14)13(15)8-12/h4-5,8,10H,6-7,9H2,1-3H3. The van der Waals surface area contributed by atoms with Crippen molar-refractivity contribution in [3.05, 3.63) is 28.8 Å². The summed E-state index contributed by atoms with van der Waals surface area (Å²) in [5.41, 5.74) is 2.14. The monoisotopic (exact) mass is 259 g/mol. The zero-order valence-corrected chi connectivity index (χ0v) is 11.6. The van der Waals surface area contributed by atoms with Crippen molar-refractivity contribution in [1.82, 2.24) is 0 Å². The van der Waals surface area contributed by atoms with E-state index in [0.717, 1.165) is 28.7 Å². The van der Waals surface area contributed by atoms with E-state index >= 15 is 0 Å². The van der Waals surface area contributed by atoms with Gasteiger partial charge in [-0.05, 0) is 30.0 Å². The molecule has 0 saturated carbocycles. The molecule has 1 aromatic carbocycles. The summed E-state index contributed by atoms with van der Waals surface area (Å²) in [6.45, 7) is 5.52. The average molecular weight is 260 g/mol. The zero-order chi connectivity index (χ0) is 12.1. The van der Waals surface area contributed by atoms with Gasteiger partial charge in [-0.15, -0.1) is 11.6 Å². The van der Waals surface area contributed by atoms with Gasteiger partial charge in [-0.25, -0.2) is 0 Å². The number of anilines is 1. The maximum atomic E-state index is 6.13. The summed E-state index contributed by atoms with van der Waals surface area (Å²) in [5.74, 6) is 1.19. The molecule has 0 heterocycles. The lowest BCUT2D eigenvalue weighted by Gasteiger charge is -2.21. The molecule has 0 unspecified atom stereocenters. The fourth-order valence-electron chi connectivity index (χ4n) is 1.46. The molecule has 0 amide bonds. The molecule has 3 heteroatoms. The van der Waals surface area contributed by atoms with E-state index in [1.54, 1.807) is 0 Å². The third-order valence-corrected chi connectivity index (χ3v) is 3.30. The number of halogens is 2. The van der Waals surface area contributed by atoms with Gasteiger partial charge in [-0.2, -0.15) is 0 Å². The average Bonchev–Trinajstić information content (AvgIpc) is 2.25. The van der Waals surface area contributed by atoms with Gasteiger partial charge >= 0.3 is 0 Å². The fraction of sp³-hybridized carbons (Fsp3) is 0.538. The third-order valence-electron chi connectivity index (χ3n) is 2.66. The number of hydrogen-bond acceptors (Lipinski definition) is 1. The van der Waals surface area contributed by atoms with E-state index < -0.39 is 0 Å². The maximum Gasteiger partial charge on any atom is 0.0488 e. The van der Waals surface area contributed by atoms with Gasteiger partial charge in [0.25, 0.3) is 0 Å². The second-order valence-electron chi connectivity index (χ2n) is 4.51. The molecule has 1 aromatic rings. The minimum absolute atomic E-state index is 0.467. The van der Waals surface area contributed by atoms with Crippen LogP contribution in [0.15, 0.2) is 18.2 Å². The summed E-state index contributed by atoms with van der Waals surface area (Å²) in [5, 5.41) is 0.754. The van der Waals surface area contributed by atoms with Crippen LogP contribution in [0.5, 0.6) is 0 Å². The van der Waals surface area contributed by atoms with Crippen molar-refractivity contribution in [2.45, 2.75) is 26.1 Å². The van der Waals surface area contributed by atoms with Crippen molar-refractivity contribution < 1.29 is 0 Å². The summed E-state index contributed by atoms with van der Waals surface area (Å²) < 4.78 is 0. The Morgan fingerprint density at radius 3 is 2.50 bits per heavy atom. The van der Waals surface area contributed by atoms with Crippen LogP contribution < -0.4 is 4.90 Å². The number of nitrogens with zero attached hydrogens (tertiary/aromatic N) is 1. The topological polar surface area (TPSA) is 3.24 Å². The lowest BCUT2D eigenvalue weighted by atomic mass is 10.1. The van der Waals surface area contributed by atoms with Gasteiger partial charge in [0.05, 0.1) is 0 Å². The van der Waals surface area contributed by atoms with Crippen molar-refractivity contribution in [1.29, 1.82) is 0 Å². The SMILES string of the molecule is CC(C)CCN(C)c1ccc(CCl)c(Cl)c1. The van der Waals surface area contributed by atoms with Gasteiger partial charge in [0.1, 0.15) is 0 Å². The molecule has 0 saturated heterocycles. The molecule has 90 valence electrons. The molecular weight excluding hydrogens is 241 g/mol. The highest BCUT2D eigenvalue weighted by Crippen LogP contribution is 2.24. The van der Waals surface area contributed by atoms with Gasteiger partial charge in [0.15, 0.2) is 0 Å².